The van der Waals surface area contributed by atoms with Crippen molar-refractivity contribution in [2.75, 3.05) is 0 Å². The van der Waals surface area contributed by atoms with E-state index in [4.69, 9.17) is 9.63 Å². The van der Waals surface area contributed by atoms with Gasteiger partial charge in [-0.1, -0.05) is 22.9 Å². The minimum Gasteiger partial charge on any atom is -0.480 e. The van der Waals surface area contributed by atoms with Crippen molar-refractivity contribution in [2.45, 2.75) is 32.4 Å². The summed E-state index contributed by atoms with van der Waals surface area (Å²) in [4.78, 5) is 15.4. The molecule has 0 amide bonds. The maximum atomic E-state index is 11.1. The number of aryl methyl sites for hydroxylation is 1. The molecule has 0 spiro atoms. The van der Waals surface area contributed by atoms with Gasteiger partial charge in [0.15, 0.2) is 5.82 Å². The lowest BCUT2D eigenvalue weighted by Crippen LogP contribution is -2.38. The summed E-state index contributed by atoms with van der Waals surface area (Å²) in [5, 5.41) is 16.0. The fourth-order valence-electron chi connectivity index (χ4n) is 2.23. The summed E-state index contributed by atoms with van der Waals surface area (Å²) in [6.07, 6.45) is 1.93. The number of aromatic nitrogens is 2. The quantitative estimate of drug-likeness (QED) is 0.844. The third-order valence-corrected chi connectivity index (χ3v) is 3.61. The monoisotopic (exact) mass is 287 g/mol. The Bertz CT molecular complexity index is 632. The molecule has 1 saturated carbocycles. The summed E-state index contributed by atoms with van der Waals surface area (Å²) in [7, 11) is 0. The molecular formula is C15H17N3O3. The Labute approximate surface area is 122 Å². The van der Waals surface area contributed by atoms with Gasteiger partial charge in [0.05, 0.1) is 6.54 Å². The van der Waals surface area contributed by atoms with Crippen LogP contribution in [0.2, 0.25) is 0 Å². The molecule has 3 rings (SSSR count). The van der Waals surface area contributed by atoms with E-state index in [1.807, 2.05) is 31.2 Å². The molecule has 2 aromatic rings. The van der Waals surface area contributed by atoms with Crippen LogP contribution in [0.3, 0.4) is 0 Å². The van der Waals surface area contributed by atoms with Crippen molar-refractivity contribution in [2.24, 2.45) is 5.92 Å². The maximum Gasteiger partial charge on any atom is 0.320 e. The van der Waals surface area contributed by atoms with Crippen molar-refractivity contribution in [3.8, 4) is 11.5 Å². The summed E-state index contributed by atoms with van der Waals surface area (Å²) in [6.45, 7) is 2.31. The molecular weight excluding hydrogens is 270 g/mol. The number of hydrogen-bond donors (Lipinski definition) is 2. The highest BCUT2D eigenvalue weighted by molar-refractivity contribution is 5.74. The second-order valence-electron chi connectivity index (χ2n) is 5.42. The molecule has 0 bridgehead atoms. The zero-order valence-corrected chi connectivity index (χ0v) is 11.7. The first-order valence-corrected chi connectivity index (χ1v) is 6.99. The summed E-state index contributed by atoms with van der Waals surface area (Å²) < 4.78 is 5.21. The van der Waals surface area contributed by atoms with Gasteiger partial charge >= 0.3 is 5.97 Å². The highest BCUT2D eigenvalue weighted by atomic mass is 16.5. The molecule has 6 nitrogen and oxygen atoms in total. The average Bonchev–Trinajstić information content (AvgIpc) is 3.18. The second-order valence-corrected chi connectivity index (χ2v) is 5.42. The lowest BCUT2D eigenvalue weighted by atomic mass is 10.1. The van der Waals surface area contributed by atoms with E-state index in [9.17, 15) is 4.79 Å². The molecule has 1 aromatic heterocycles. The summed E-state index contributed by atoms with van der Waals surface area (Å²) in [5.41, 5.74) is 2.02. The third kappa shape index (κ3) is 3.28. The van der Waals surface area contributed by atoms with Gasteiger partial charge in [0.2, 0.25) is 0 Å². The van der Waals surface area contributed by atoms with Crippen LogP contribution in [0.5, 0.6) is 0 Å². The molecule has 1 heterocycles. The van der Waals surface area contributed by atoms with Crippen molar-refractivity contribution in [1.29, 1.82) is 0 Å². The number of carbonyl (C=O) groups is 1. The van der Waals surface area contributed by atoms with E-state index in [2.05, 4.69) is 15.5 Å². The molecule has 1 aliphatic carbocycles. The van der Waals surface area contributed by atoms with Gasteiger partial charge in [0, 0.05) is 5.56 Å². The first-order valence-electron chi connectivity index (χ1n) is 6.99. The fourth-order valence-corrected chi connectivity index (χ4v) is 2.23. The second kappa shape index (κ2) is 5.65. The van der Waals surface area contributed by atoms with Crippen LogP contribution in [0.1, 0.15) is 24.2 Å². The fraction of sp³-hybridized carbons (Fsp3) is 0.400. The van der Waals surface area contributed by atoms with E-state index >= 15 is 0 Å². The molecule has 1 unspecified atom stereocenters. The van der Waals surface area contributed by atoms with Gasteiger partial charge in [0.1, 0.15) is 6.04 Å². The predicted molar refractivity (Wildman–Crippen MR) is 75.5 cm³/mol. The average molecular weight is 287 g/mol. The van der Waals surface area contributed by atoms with Gasteiger partial charge in [0.25, 0.3) is 5.89 Å². The maximum absolute atomic E-state index is 11.1. The van der Waals surface area contributed by atoms with Gasteiger partial charge in [-0.3, -0.25) is 10.1 Å². The number of carboxylic acid groups (broad SMARTS) is 1. The van der Waals surface area contributed by atoms with Crippen LogP contribution in [0, 0.1) is 12.8 Å². The van der Waals surface area contributed by atoms with Crippen LogP contribution < -0.4 is 5.32 Å². The van der Waals surface area contributed by atoms with Crippen molar-refractivity contribution >= 4 is 5.97 Å². The van der Waals surface area contributed by atoms with Gasteiger partial charge in [-0.05, 0) is 37.8 Å². The van der Waals surface area contributed by atoms with Crippen LogP contribution in [-0.4, -0.2) is 27.3 Å². The van der Waals surface area contributed by atoms with Crippen molar-refractivity contribution in [1.82, 2.24) is 15.5 Å². The van der Waals surface area contributed by atoms with Crippen LogP contribution in [-0.2, 0) is 11.3 Å². The van der Waals surface area contributed by atoms with Crippen LogP contribution in [0.25, 0.3) is 11.5 Å². The highest BCUT2D eigenvalue weighted by Crippen LogP contribution is 2.32. The molecule has 0 aliphatic heterocycles. The molecule has 21 heavy (non-hydrogen) atoms. The molecule has 1 aliphatic rings. The molecule has 0 saturated heterocycles. The Morgan fingerprint density at radius 2 is 2.14 bits per heavy atom. The first kappa shape index (κ1) is 13.8. The number of rotatable bonds is 6. The Hall–Kier alpha value is -2.21. The van der Waals surface area contributed by atoms with Gasteiger partial charge in [-0.15, -0.1) is 0 Å². The predicted octanol–water partition coefficient (Wildman–Crippen LogP) is 2.00. The molecule has 6 heteroatoms. The lowest BCUT2D eigenvalue weighted by molar-refractivity contribution is -0.140. The summed E-state index contributed by atoms with van der Waals surface area (Å²) in [6, 6.07) is 7.27. The Kier molecular flexibility index (Phi) is 3.70. The minimum absolute atomic E-state index is 0.228. The smallest absolute Gasteiger partial charge is 0.320 e. The Morgan fingerprint density at radius 1 is 1.43 bits per heavy atom. The highest BCUT2D eigenvalue weighted by Gasteiger charge is 2.36. The standard InChI is InChI=1S/C15H17N3O3/c1-9-2-4-11(5-3-9)14-17-12(18-21-14)8-16-13(15(19)20)10-6-7-10/h2-5,10,13,16H,6-8H2,1H3,(H,19,20). The number of hydrogen-bond acceptors (Lipinski definition) is 5. The number of nitrogens with zero attached hydrogens (tertiary/aromatic N) is 2. The zero-order chi connectivity index (χ0) is 14.8. The van der Waals surface area contributed by atoms with E-state index < -0.39 is 12.0 Å². The SMILES string of the molecule is Cc1ccc(-c2nc(CNC(C(=O)O)C3CC3)no2)cc1. The van der Waals surface area contributed by atoms with Crippen molar-refractivity contribution in [3.63, 3.8) is 0 Å². The summed E-state index contributed by atoms with van der Waals surface area (Å²) >= 11 is 0. The van der Waals surface area contributed by atoms with Crippen molar-refractivity contribution in [3.05, 3.63) is 35.7 Å². The van der Waals surface area contributed by atoms with Gasteiger partial charge < -0.3 is 9.63 Å². The van der Waals surface area contributed by atoms with Gasteiger partial charge in [-0.2, -0.15) is 4.98 Å². The minimum atomic E-state index is -0.820. The molecule has 1 fully saturated rings. The van der Waals surface area contributed by atoms with E-state index in [0.717, 1.165) is 24.0 Å². The van der Waals surface area contributed by atoms with Crippen LogP contribution in [0.15, 0.2) is 28.8 Å². The Morgan fingerprint density at radius 3 is 2.76 bits per heavy atom. The largest absolute Gasteiger partial charge is 0.480 e. The first-order chi connectivity index (χ1) is 10.1. The zero-order valence-electron chi connectivity index (χ0n) is 11.7. The Balaban J connectivity index is 1.64. The topological polar surface area (TPSA) is 88.2 Å². The molecule has 2 N–H and O–H groups in total. The number of carboxylic acids is 1. The molecule has 1 aromatic carbocycles. The van der Waals surface area contributed by atoms with E-state index in [1.165, 1.54) is 0 Å². The van der Waals surface area contributed by atoms with E-state index in [0.29, 0.717) is 18.3 Å². The van der Waals surface area contributed by atoms with E-state index in [1.54, 1.807) is 0 Å². The molecule has 0 radical (unpaired) electrons. The number of benzene rings is 1. The normalized spacial score (nSPS) is 15.9. The van der Waals surface area contributed by atoms with E-state index in [-0.39, 0.29) is 5.92 Å². The third-order valence-electron chi connectivity index (χ3n) is 3.61. The number of aliphatic carboxylic acids is 1. The van der Waals surface area contributed by atoms with Crippen molar-refractivity contribution < 1.29 is 14.4 Å². The van der Waals surface area contributed by atoms with Gasteiger partial charge in [-0.25, -0.2) is 0 Å². The molecule has 1 atom stereocenters. The van der Waals surface area contributed by atoms with Crippen LogP contribution >= 0.6 is 0 Å². The number of nitrogens with one attached hydrogen (secondary N) is 1. The molecule has 110 valence electrons. The van der Waals surface area contributed by atoms with Crippen LogP contribution in [0.4, 0.5) is 0 Å². The lowest BCUT2D eigenvalue weighted by Gasteiger charge is -2.11. The summed E-state index contributed by atoms with van der Waals surface area (Å²) in [5.74, 6) is 0.327.